The summed E-state index contributed by atoms with van der Waals surface area (Å²) in [6, 6.07) is 5.91. The molecule has 0 spiro atoms. The molecular weight excluding hydrogens is 307 g/mol. The van der Waals surface area contributed by atoms with E-state index in [4.69, 9.17) is 0 Å². The van der Waals surface area contributed by atoms with E-state index in [1.807, 2.05) is 6.07 Å². The third-order valence-electron chi connectivity index (χ3n) is 3.71. The van der Waals surface area contributed by atoms with Gasteiger partial charge in [0.2, 0.25) is 0 Å². The standard InChI is InChI=1S/C15H22BrFN2/c1-2-7-19-8-5-13(6-9-19)18-11-12-3-4-14(16)15(17)10-12/h3-4,10,13,18H,2,5-9,11H2,1H3. The van der Waals surface area contributed by atoms with E-state index < -0.39 is 0 Å². The zero-order valence-electron chi connectivity index (χ0n) is 11.5. The van der Waals surface area contributed by atoms with Crippen LogP contribution in [0.3, 0.4) is 0 Å². The molecule has 19 heavy (non-hydrogen) atoms. The molecule has 0 atom stereocenters. The highest BCUT2D eigenvalue weighted by Gasteiger charge is 2.17. The van der Waals surface area contributed by atoms with Crippen molar-refractivity contribution in [2.24, 2.45) is 0 Å². The predicted octanol–water partition coefficient (Wildman–Crippen LogP) is 3.55. The second kappa shape index (κ2) is 7.36. The minimum atomic E-state index is -0.183. The number of nitrogens with zero attached hydrogens (tertiary/aromatic N) is 1. The van der Waals surface area contributed by atoms with Gasteiger partial charge in [0.05, 0.1) is 4.47 Å². The van der Waals surface area contributed by atoms with Crippen LogP contribution in [0, 0.1) is 5.82 Å². The van der Waals surface area contributed by atoms with Crippen LogP contribution in [-0.2, 0) is 6.54 Å². The highest BCUT2D eigenvalue weighted by molar-refractivity contribution is 9.10. The van der Waals surface area contributed by atoms with Gasteiger partial charge in [0.15, 0.2) is 0 Å². The first kappa shape index (κ1) is 14.9. The lowest BCUT2D eigenvalue weighted by Crippen LogP contribution is -2.42. The fraction of sp³-hybridized carbons (Fsp3) is 0.600. The molecule has 1 saturated heterocycles. The fourth-order valence-electron chi connectivity index (χ4n) is 2.59. The summed E-state index contributed by atoms with van der Waals surface area (Å²) in [6.45, 7) is 6.56. The minimum Gasteiger partial charge on any atom is -0.310 e. The Bertz CT molecular complexity index is 403. The van der Waals surface area contributed by atoms with E-state index in [0.717, 1.165) is 12.1 Å². The van der Waals surface area contributed by atoms with E-state index in [2.05, 4.69) is 33.1 Å². The third kappa shape index (κ3) is 4.55. The Morgan fingerprint density at radius 2 is 2.11 bits per heavy atom. The monoisotopic (exact) mass is 328 g/mol. The third-order valence-corrected chi connectivity index (χ3v) is 4.35. The van der Waals surface area contributed by atoms with Crippen LogP contribution in [0.15, 0.2) is 22.7 Å². The summed E-state index contributed by atoms with van der Waals surface area (Å²) in [4.78, 5) is 2.53. The summed E-state index contributed by atoms with van der Waals surface area (Å²) >= 11 is 3.18. The van der Waals surface area contributed by atoms with Crippen LogP contribution < -0.4 is 5.32 Å². The summed E-state index contributed by atoms with van der Waals surface area (Å²) in [6.07, 6.45) is 3.62. The van der Waals surface area contributed by atoms with Crippen molar-refractivity contribution in [1.82, 2.24) is 10.2 Å². The molecule has 1 fully saturated rings. The smallest absolute Gasteiger partial charge is 0.137 e. The first-order chi connectivity index (χ1) is 9.19. The molecule has 0 aliphatic carbocycles. The summed E-state index contributed by atoms with van der Waals surface area (Å²) in [5.74, 6) is -0.183. The number of halogens is 2. The van der Waals surface area contributed by atoms with Crippen LogP contribution in [0.25, 0.3) is 0 Å². The fourth-order valence-corrected chi connectivity index (χ4v) is 2.84. The van der Waals surface area contributed by atoms with Crippen molar-refractivity contribution in [3.8, 4) is 0 Å². The van der Waals surface area contributed by atoms with Gasteiger partial charge in [0.1, 0.15) is 5.82 Å². The van der Waals surface area contributed by atoms with E-state index in [0.29, 0.717) is 10.5 Å². The molecule has 1 aromatic carbocycles. The van der Waals surface area contributed by atoms with Gasteiger partial charge in [0.25, 0.3) is 0 Å². The maximum Gasteiger partial charge on any atom is 0.137 e. The maximum absolute atomic E-state index is 13.4. The molecule has 1 aliphatic rings. The molecule has 1 aromatic rings. The van der Waals surface area contributed by atoms with Crippen molar-refractivity contribution < 1.29 is 4.39 Å². The highest BCUT2D eigenvalue weighted by atomic mass is 79.9. The Morgan fingerprint density at radius 3 is 2.74 bits per heavy atom. The minimum absolute atomic E-state index is 0.183. The van der Waals surface area contributed by atoms with Gasteiger partial charge in [-0.15, -0.1) is 0 Å². The molecule has 0 bridgehead atoms. The Labute approximate surface area is 123 Å². The van der Waals surface area contributed by atoms with Gasteiger partial charge >= 0.3 is 0 Å². The Balaban J connectivity index is 1.75. The Morgan fingerprint density at radius 1 is 1.37 bits per heavy atom. The largest absolute Gasteiger partial charge is 0.310 e. The van der Waals surface area contributed by atoms with Crippen LogP contribution in [0.4, 0.5) is 4.39 Å². The lowest BCUT2D eigenvalue weighted by Gasteiger charge is -2.32. The van der Waals surface area contributed by atoms with Gasteiger partial charge in [0, 0.05) is 12.6 Å². The lowest BCUT2D eigenvalue weighted by atomic mass is 10.0. The van der Waals surface area contributed by atoms with Crippen LogP contribution >= 0.6 is 15.9 Å². The summed E-state index contributed by atoms with van der Waals surface area (Å²) in [5.41, 5.74) is 1.01. The summed E-state index contributed by atoms with van der Waals surface area (Å²) in [5, 5.41) is 3.54. The zero-order chi connectivity index (χ0) is 13.7. The number of hydrogen-bond donors (Lipinski definition) is 1. The zero-order valence-corrected chi connectivity index (χ0v) is 13.0. The quantitative estimate of drug-likeness (QED) is 0.889. The summed E-state index contributed by atoms with van der Waals surface area (Å²) < 4.78 is 13.9. The normalized spacial score (nSPS) is 17.8. The van der Waals surface area contributed by atoms with Crippen molar-refractivity contribution >= 4 is 15.9 Å². The first-order valence-corrected chi connectivity index (χ1v) is 7.88. The molecule has 1 heterocycles. The second-order valence-corrected chi connectivity index (χ2v) is 6.10. The van der Waals surface area contributed by atoms with Gasteiger partial charge in [-0.2, -0.15) is 0 Å². The second-order valence-electron chi connectivity index (χ2n) is 5.25. The Hall–Kier alpha value is -0.450. The summed E-state index contributed by atoms with van der Waals surface area (Å²) in [7, 11) is 0. The molecule has 2 nitrogen and oxygen atoms in total. The number of likely N-dealkylation sites (tertiary alicyclic amines) is 1. The molecule has 106 valence electrons. The first-order valence-electron chi connectivity index (χ1n) is 7.08. The van der Waals surface area contributed by atoms with Crippen molar-refractivity contribution in [3.05, 3.63) is 34.1 Å². The number of hydrogen-bond acceptors (Lipinski definition) is 2. The van der Waals surface area contributed by atoms with E-state index in [9.17, 15) is 4.39 Å². The molecular formula is C15H22BrFN2. The van der Waals surface area contributed by atoms with Crippen LogP contribution in [0.2, 0.25) is 0 Å². The van der Waals surface area contributed by atoms with Gasteiger partial charge in [-0.05, 0) is 72.5 Å². The molecule has 2 rings (SSSR count). The van der Waals surface area contributed by atoms with Gasteiger partial charge in [-0.3, -0.25) is 0 Å². The molecule has 0 amide bonds. The average molecular weight is 329 g/mol. The van der Waals surface area contributed by atoms with Crippen molar-refractivity contribution in [3.63, 3.8) is 0 Å². The van der Waals surface area contributed by atoms with Gasteiger partial charge in [-0.1, -0.05) is 13.0 Å². The number of rotatable bonds is 5. The van der Waals surface area contributed by atoms with E-state index in [1.54, 1.807) is 12.1 Å². The topological polar surface area (TPSA) is 15.3 Å². The highest BCUT2D eigenvalue weighted by Crippen LogP contribution is 2.17. The molecule has 0 saturated carbocycles. The van der Waals surface area contributed by atoms with E-state index in [1.165, 1.54) is 38.9 Å². The molecule has 0 radical (unpaired) electrons. The van der Waals surface area contributed by atoms with Crippen molar-refractivity contribution in [1.29, 1.82) is 0 Å². The predicted molar refractivity (Wildman–Crippen MR) is 80.7 cm³/mol. The molecule has 1 N–H and O–H groups in total. The van der Waals surface area contributed by atoms with Gasteiger partial charge < -0.3 is 10.2 Å². The molecule has 1 aliphatic heterocycles. The number of piperidine rings is 1. The lowest BCUT2D eigenvalue weighted by molar-refractivity contribution is 0.197. The molecule has 4 heteroatoms. The maximum atomic E-state index is 13.4. The number of nitrogens with one attached hydrogen (secondary N) is 1. The molecule has 0 aromatic heterocycles. The van der Waals surface area contributed by atoms with E-state index >= 15 is 0 Å². The van der Waals surface area contributed by atoms with Crippen LogP contribution in [-0.4, -0.2) is 30.6 Å². The average Bonchev–Trinajstić information content (AvgIpc) is 2.42. The Kier molecular flexibility index (Phi) is 5.79. The van der Waals surface area contributed by atoms with E-state index in [-0.39, 0.29) is 5.82 Å². The van der Waals surface area contributed by atoms with Crippen LogP contribution in [0.1, 0.15) is 31.7 Å². The van der Waals surface area contributed by atoms with Crippen molar-refractivity contribution in [2.45, 2.75) is 38.8 Å². The number of benzene rings is 1. The van der Waals surface area contributed by atoms with Crippen molar-refractivity contribution in [2.75, 3.05) is 19.6 Å². The SMILES string of the molecule is CCCN1CCC(NCc2ccc(Br)c(F)c2)CC1. The van der Waals surface area contributed by atoms with Crippen LogP contribution in [0.5, 0.6) is 0 Å². The van der Waals surface area contributed by atoms with Gasteiger partial charge in [-0.25, -0.2) is 4.39 Å². The molecule has 0 unspecified atom stereocenters.